The summed E-state index contributed by atoms with van der Waals surface area (Å²) in [5.41, 5.74) is -3.29. The Morgan fingerprint density at radius 2 is 0.574 bits per heavy atom. The van der Waals surface area contributed by atoms with Crippen LogP contribution in [0.15, 0.2) is 121 Å². The number of aromatic nitrogens is 5. The number of methoxy groups -OCH3 is 1. The number of ether oxygens (including phenoxy) is 6. The van der Waals surface area contributed by atoms with Gasteiger partial charge in [0, 0.05) is 63.3 Å². The van der Waals surface area contributed by atoms with Gasteiger partial charge in [0.2, 0.25) is 0 Å². The normalized spacial score (nSPS) is 12.1. The molecule has 0 spiro atoms. The molecule has 0 atom stereocenters. The number of carbonyl (C=O) groups is 5. The molecule has 5 aromatic carbocycles. The molecule has 0 radical (unpaired) electrons. The summed E-state index contributed by atoms with van der Waals surface area (Å²) in [4.78, 5) is 107. The van der Waals surface area contributed by atoms with Gasteiger partial charge in [0.15, 0.2) is 11.2 Å². The lowest BCUT2D eigenvalue weighted by molar-refractivity contribution is -0.383. The van der Waals surface area contributed by atoms with Crippen LogP contribution in [-0.4, -0.2) is 94.6 Å². The van der Waals surface area contributed by atoms with Gasteiger partial charge in [-0.2, -0.15) is 0 Å². The molecular weight excluding hydrogens is 1200 g/mol. The van der Waals surface area contributed by atoms with Gasteiger partial charge < -0.3 is 49.7 Å². The summed E-state index contributed by atoms with van der Waals surface area (Å²) in [6, 6.07) is 32.0. The molecule has 4 N–H and O–H groups in total. The van der Waals surface area contributed by atoms with Crippen LogP contribution in [0.25, 0.3) is 54.5 Å². The first-order chi connectivity index (χ1) is 44.0. The van der Waals surface area contributed by atoms with E-state index in [-0.39, 0.29) is 107 Å². The topological polar surface area (TPSA) is 296 Å². The molecule has 0 aliphatic heterocycles. The SMILES string of the molecule is COC(=O)c1cc(OC(C)(C)C)c2cccc(NC(=O)c3cc(OC(C)(C)C)c4cccc(NC(=O)c5cc(OC(C)(C)C)c6cccc(NC(=O)c7cc(OC(C)(C)C)c8cccc(NC(=O)c9cc(OC(C)(C)C)c%10cccc([N+](=O)[O-])c%10n9)c8n7)c6n5)c4n3)c2n1. The molecule has 23 heteroatoms. The summed E-state index contributed by atoms with van der Waals surface area (Å²) < 4.78 is 36.9. The summed E-state index contributed by atoms with van der Waals surface area (Å²) in [7, 11) is 1.24. The van der Waals surface area contributed by atoms with Crippen molar-refractivity contribution < 1.29 is 57.3 Å². The lowest BCUT2D eigenvalue weighted by Gasteiger charge is -2.24. The number of carbonyl (C=O) groups excluding carboxylic acids is 5. The van der Waals surface area contributed by atoms with Gasteiger partial charge in [-0.05, 0) is 158 Å². The number of nitrogens with one attached hydrogen (secondary N) is 4. The number of amides is 4. The molecule has 10 rings (SSSR count). The number of nitrogens with zero attached hydrogens (tertiary/aromatic N) is 6. The van der Waals surface area contributed by atoms with Crippen molar-refractivity contribution in [3.8, 4) is 28.7 Å². The van der Waals surface area contributed by atoms with Gasteiger partial charge >= 0.3 is 5.97 Å². The van der Waals surface area contributed by atoms with E-state index in [1.807, 2.05) is 83.1 Å². The lowest BCUT2D eigenvalue weighted by atomic mass is 10.1. The fourth-order valence-corrected chi connectivity index (χ4v) is 10.1. The van der Waals surface area contributed by atoms with Crippen LogP contribution < -0.4 is 45.0 Å². The Hall–Kier alpha value is -11.1. The second-order valence-corrected chi connectivity index (χ2v) is 27.1. The molecule has 0 saturated heterocycles. The van der Waals surface area contributed by atoms with Gasteiger partial charge in [-0.1, -0.05) is 30.3 Å². The number of esters is 1. The summed E-state index contributed by atoms with van der Waals surface area (Å²) in [6.07, 6.45) is 0. The molecule has 0 aliphatic carbocycles. The fourth-order valence-electron chi connectivity index (χ4n) is 10.1. The van der Waals surface area contributed by atoms with Gasteiger partial charge in [0.1, 0.15) is 79.5 Å². The van der Waals surface area contributed by atoms with Gasteiger partial charge in [-0.3, -0.25) is 29.3 Å². The minimum Gasteiger partial charge on any atom is -0.487 e. The number of pyridine rings is 5. The van der Waals surface area contributed by atoms with E-state index < -0.39 is 62.5 Å². The van der Waals surface area contributed by atoms with Gasteiger partial charge in [0.05, 0.1) is 56.8 Å². The number of rotatable bonds is 15. The number of hydrogen-bond donors (Lipinski definition) is 4. The van der Waals surface area contributed by atoms with Crippen molar-refractivity contribution in [2.24, 2.45) is 0 Å². The average Bonchev–Trinajstić information content (AvgIpc) is 0.788. The van der Waals surface area contributed by atoms with Crippen molar-refractivity contribution in [1.29, 1.82) is 0 Å². The summed E-state index contributed by atoms with van der Waals surface area (Å²) >= 11 is 0. The molecule has 0 fully saturated rings. The quantitative estimate of drug-likeness (QED) is 0.0421. The standard InChI is InChI=1S/C71H72N10O13/c1-67(2,3)90-52-32-46(62(82)78-43-28-18-23-38-54(92-69(7,8)9)34-48(74-58(38)43)64(84)80-45-30-20-25-40-56(94-71(13,14)15)36-50(66(86)89-16)76-60(40)45)72-57-37(52)22-17-27-42(57)77-63(83)47-33-53(91-68(4,5)6)39-24-19-29-44(59(39)73-47)79-65(85)49-35-55(93-70(10,11)12)41-26-21-31-51(81(87)88)61(41)75-49/h17-36H,1-16H3,(H,77,83)(H,78,82)(H,79,85)(H,80,84). The predicted octanol–water partition coefficient (Wildman–Crippen LogP) is 15.0. The van der Waals surface area contributed by atoms with Crippen molar-refractivity contribution in [2.75, 3.05) is 28.4 Å². The van der Waals surface area contributed by atoms with E-state index in [2.05, 4.69) is 31.2 Å². The molecular formula is C71H72N10O13. The number of para-hydroxylation sites is 5. The van der Waals surface area contributed by atoms with E-state index in [9.17, 15) is 34.1 Å². The minimum absolute atomic E-state index is 0.0431. The van der Waals surface area contributed by atoms with Gasteiger partial charge in [-0.15, -0.1) is 0 Å². The largest absolute Gasteiger partial charge is 0.487 e. The maximum Gasteiger partial charge on any atom is 0.356 e. The Morgan fingerprint density at radius 3 is 0.819 bits per heavy atom. The third-order valence-corrected chi connectivity index (χ3v) is 13.6. The number of fused-ring (bicyclic) bond motifs is 5. The van der Waals surface area contributed by atoms with Gasteiger partial charge in [-0.25, -0.2) is 29.7 Å². The Bertz CT molecular complexity index is 4770. The first kappa shape index (κ1) is 65.8. The molecule has 0 aliphatic rings. The number of anilines is 4. The van der Waals surface area contributed by atoms with Crippen LogP contribution in [-0.2, 0) is 4.74 Å². The molecule has 0 bridgehead atoms. The molecule has 0 unspecified atom stereocenters. The van der Waals surface area contributed by atoms with Gasteiger partial charge in [0.25, 0.3) is 29.3 Å². The first-order valence-electron chi connectivity index (χ1n) is 30.1. The maximum atomic E-state index is 14.9. The molecule has 10 aromatic rings. The van der Waals surface area contributed by atoms with E-state index >= 15 is 0 Å². The third kappa shape index (κ3) is 14.9. The lowest BCUT2D eigenvalue weighted by Crippen LogP contribution is -2.24. The maximum absolute atomic E-state index is 14.9. The van der Waals surface area contributed by atoms with E-state index in [1.165, 1.54) is 49.6 Å². The summed E-state index contributed by atoms with van der Waals surface area (Å²) in [5.74, 6) is -2.25. The number of hydrogen-bond acceptors (Lipinski definition) is 18. The zero-order valence-corrected chi connectivity index (χ0v) is 55.0. The van der Waals surface area contributed by atoms with Crippen LogP contribution in [0.3, 0.4) is 0 Å². The number of benzene rings is 5. The van der Waals surface area contributed by atoms with Crippen molar-refractivity contribution in [1.82, 2.24) is 24.9 Å². The smallest absolute Gasteiger partial charge is 0.356 e. The highest BCUT2D eigenvalue weighted by Crippen LogP contribution is 2.40. The first-order valence-corrected chi connectivity index (χ1v) is 30.1. The molecule has 5 heterocycles. The predicted molar refractivity (Wildman–Crippen MR) is 360 cm³/mol. The van der Waals surface area contributed by atoms with Crippen LogP contribution in [0.4, 0.5) is 28.4 Å². The van der Waals surface area contributed by atoms with Crippen LogP contribution >= 0.6 is 0 Å². The van der Waals surface area contributed by atoms with E-state index in [1.54, 1.807) is 99.6 Å². The summed E-state index contributed by atoms with van der Waals surface area (Å²) in [6.45, 7) is 27.6. The molecule has 23 nitrogen and oxygen atoms in total. The van der Waals surface area contributed by atoms with E-state index in [0.717, 1.165) is 0 Å². The minimum atomic E-state index is -0.800. The zero-order chi connectivity index (χ0) is 68.1. The Labute approximate surface area is 541 Å². The third-order valence-electron chi connectivity index (χ3n) is 13.6. The number of nitro benzene ring substituents is 1. The highest BCUT2D eigenvalue weighted by molar-refractivity contribution is 6.15. The Balaban J connectivity index is 1.01. The summed E-state index contributed by atoms with van der Waals surface area (Å²) in [5, 5.41) is 26.1. The fraction of sp³-hybridized carbons (Fsp3) is 0.296. The molecule has 5 aromatic heterocycles. The highest BCUT2D eigenvalue weighted by atomic mass is 16.6. The molecule has 484 valence electrons. The average molecular weight is 1270 g/mol. The van der Waals surface area contributed by atoms with E-state index in [0.29, 0.717) is 32.7 Å². The highest BCUT2D eigenvalue weighted by Gasteiger charge is 2.29. The number of non-ortho nitro benzene ring substituents is 1. The monoisotopic (exact) mass is 1270 g/mol. The van der Waals surface area contributed by atoms with Crippen molar-refractivity contribution in [2.45, 2.75) is 132 Å². The molecule has 94 heavy (non-hydrogen) atoms. The van der Waals surface area contributed by atoms with Crippen LogP contribution in [0.5, 0.6) is 28.7 Å². The van der Waals surface area contributed by atoms with E-state index in [4.69, 9.17) is 43.4 Å². The van der Waals surface area contributed by atoms with Crippen molar-refractivity contribution in [3.63, 3.8) is 0 Å². The second kappa shape index (κ2) is 24.8. The number of nitro groups is 1. The molecule has 4 amide bonds. The van der Waals surface area contributed by atoms with Crippen LogP contribution in [0.1, 0.15) is 156 Å². The molecule has 0 saturated carbocycles. The van der Waals surface area contributed by atoms with Crippen molar-refractivity contribution in [3.05, 3.63) is 160 Å². The Morgan fingerprint density at radius 1 is 0.351 bits per heavy atom. The van der Waals surface area contributed by atoms with Crippen LogP contribution in [0.2, 0.25) is 0 Å². The van der Waals surface area contributed by atoms with Crippen LogP contribution in [0, 0.1) is 10.1 Å². The zero-order valence-electron chi connectivity index (χ0n) is 55.0. The Kier molecular flexibility index (Phi) is 17.4. The second-order valence-electron chi connectivity index (χ2n) is 27.1. The van der Waals surface area contributed by atoms with Crippen molar-refractivity contribution >= 4 is 113 Å².